The van der Waals surface area contributed by atoms with Crippen molar-refractivity contribution in [2.75, 3.05) is 11.9 Å². The monoisotopic (exact) mass is 343 g/mol. The smallest absolute Gasteiger partial charge is 0.319 e. The van der Waals surface area contributed by atoms with Gasteiger partial charge < -0.3 is 15.4 Å². The molecule has 2 aromatic heterocycles. The van der Waals surface area contributed by atoms with Gasteiger partial charge in [0.2, 0.25) is 0 Å². The highest BCUT2D eigenvalue weighted by Gasteiger charge is 2.59. The molecule has 2 aliphatic carbocycles. The number of pyridine rings is 1. The summed E-state index contributed by atoms with van der Waals surface area (Å²) in [7, 11) is 1.87. The van der Waals surface area contributed by atoms with Gasteiger partial charge in [-0.05, 0) is 39.2 Å². The van der Waals surface area contributed by atoms with Gasteiger partial charge >= 0.3 is 6.03 Å². The standard InChI is InChI=1S/C18H25N5O2/c1-4-25-15-9-14(18(15)6-5-7-18)21-17(24)20-12-8-13-11(2)22-23(3)16(13)19-10-12/h8,10,14-15H,4-7,9H2,1-3H3,(H2,20,21,24)/t14-,15+/m1/s1. The van der Waals surface area contributed by atoms with Crippen molar-refractivity contribution in [2.24, 2.45) is 12.5 Å². The van der Waals surface area contributed by atoms with E-state index in [9.17, 15) is 4.79 Å². The number of nitrogens with zero attached hydrogens (tertiary/aromatic N) is 3. The van der Waals surface area contributed by atoms with Gasteiger partial charge in [-0.3, -0.25) is 4.68 Å². The van der Waals surface area contributed by atoms with Crippen LogP contribution in [0.1, 0.15) is 38.3 Å². The molecular weight excluding hydrogens is 318 g/mol. The topological polar surface area (TPSA) is 81.1 Å². The van der Waals surface area contributed by atoms with Crippen LogP contribution in [0.25, 0.3) is 11.0 Å². The molecular formula is C18H25N5O2. The largest absolute Gasteiger partial charge is 0.378 e. The third-order valence-corrected chi connectivity index (χ3v) is 5.86. The minimum absolute atomic E-state index is 0.162. The molecule has 25 heavy (non-hydrogen) atoms. The molecule has 2 N–H and O–H groups in total. The molecule has 0 aliphatic heterocycles. The van der Waals surface area contributed by atoms with E-state index in [0.717, 1.165) is 42.6 Å². The Morgan fingerprint density at radius 2 is 2.28 bits per heavy atom. The number of aryl methyl sites for hydroxylation is 2. The van der Waals surface area contributed by atoms with Crippen LogP contribution < -0.4 is 10.6 Å². The fraction of sp³-hybridized carbons (Fsp3) is 0.611. The number of anilines is 1. The molecule has 2 heterocycles. The lowest BCUT2D eigenvalue weighted by Gasteiger charge is -2.60. The number of hydrogen-bond acceptors (Lipinski definition) is 4. The van der Waals surface area contributed by atoms with E-state index in [-0.39, 0.29) is 17.5 Å². The summed E-state index contributed by atoms with van der Waals surface area (Å²) in [6, 6.07) is 1.95. The Balaban J connectivity index is 1.42. The van der Waals surface area contributed by atoms with Crippen molar-refractivity contribution in [3.8, 4) is 0 Å². The van der Waals surface area contributed by atoms with Crippen molar-refractivity contribution in [3.63, 3.8) is 0 Å². The third kappa shape index (κ3) is 2.57. The fourth-order valence-electron chi connectivity index (χ4n) is 4.34. The first-order valence-corrected chi connectivity index (χ1v) is 9.02. The number of hydrogen-bond donors (Lipinski definition) is 2. The Hall–Kier alpha value is -2.15. The van der Waals surface area contributed by atoms with Crippen molar-refractivity contribution in [3.05, 3.63) is 18.0 Å². The number of rotatable bonds is 4. The molecule has 2 atom stereocenters. The van der Waals surface area contributed by atoms with Gasteiger partial charge in [0.25, 0.3) is 0 Å². The van der Waals surface area contributed by atoms with Gasteiger partial charge in [0.15, 0.2) is 5.65 Å². The lowest BCUT2D eigenvalue weighted by molar-refractivity contribution is -0.169. The van der Waals surface area contributed by atoms with Crippen molar-refractivity contribution in [2.45, 2.75) is 51.7 Å². The number of urea groups is 1. The van der Waals surface area contributed by atoms with E-state index in [1.54, 1.807) is 10.9 Å². The van der Waals surface area contributed by atoms with Crippen molar-refractivity contribution in [1.29, 1.82) is 0 Å². The molecule has 7 heteroatoms. The van der Waals surface area contributed by atoms with E-state index in [1.807, 2.05) is 27.0 Å². The zero-order valence-corrected chi connectivity index (χ0v) is 15.0. The number of ether oxygens (including phenoxy) is 1. The maximum absolute atomic E-state index is 12.4. The molecule has 0 aromatic carbocycles. The molecule has 0 bridgehead atoms. The number of fused-ring (bicyclic) bond motifs is 1. The second-order valence-corrected chi connectivity index (χ2v) is 7.22. The van der Waals surface area contributed by atoms with Crippen LogP contribution in [0.2, 0.25) is 0 Å². The molecule has 0 radical (unpaired) electrons. The van der Waals surface area contributed by atoms with Gasteiger partial charge in [-0.15, -0.1) is 0 Å². The zero-order valence-electron chi connectivity index (χ0n) is 15.0. The highest BCUT2D eigenvalue weighted by molar-refractivity contribution is 5.92. The van der Waals surface area contributed by atoms with E-state index in [0.29, 0.717) is 11.8 Å². The quantitative estimate of drug-likeness (QED) is 0.894. The van der Waals surface area contributed by atoms with Crippen LogP contribution in [0.4, 0.5) is 10.5 Å². The Labute approximate surface area is 147 Å². The van der Waals surface area contributed by atoms with Gasteiger partial charge in [-0.2, -0.15) is 5.10 Å². The van der Waals surface area contributed by atoms with Crippen LogP contribution >= 0.6 is 0 Å². The third-order valence-electron chi connectivity index (χ3n) is 5.86. The second kappa shape index (κ2) is 5.98. The van der Waals surface area contributed by atoms with Gasteiger partial charge in [0.1, 0.15) is 0 Å². The van der Waals surface area contributed by atoms with Gasteiger partial charge in [-0.1, -0.05) is 6.42 Å². The molecule has 0 saturated heterocycles. The average molecular weight is 343 g/mol. The van der Waals surface area contributed by atoms with E-state index >= 15 is 0 Å². The number of amides is 2. The van der Waals surface area contributed by atoms with Crippen LogP contribution in [0, 0.1) is 12.3 Å². The normalized spacial score (nSPS) is 24.0. The Morgan fingerprint density at radius 1 is 1.48 bits per heavy atom. The van der Waals surface area contributed by atoms with Crippen molar-refractivity contribution in [1.82, 2.24) is 20.1 Å². The summed E-state index contributed by atoms with van der Waals surface area (Å²) in [6.45, 7) is 4.71. The predicted octanol–water partition coefficient (Wildman–Crippen LogP) is 2.75. The van der Waals surface area contributed by atoms with Crippen LogP contribution in [-0.2, 0) is 11.8 Å². The minimum atomic E-state index is -0.172. The molecule has 2 amide bonds. The Kier molecular flexibility index (Phi) is 3.91. The first-order chi connectivity index (χ1) is 12.0. The van der Waals surface area contributed by atoms with Crippen LogP contribution in [0.15, 0.2) is 12.3 Å². The van der Waals surface area contributed by atoms with E-state index in [2.05, 4.69) is 20.7 Å². The highest BCUT2D eigenvalue weighted by atomic mass is 16.5. The molecule has 2 aliphatic rings. The molecule has 1 spiro atoms. The first kappa shape index (κ1) is 16.3. The number of carbonyl (C=O) groups is 1. The van der Waals surface area contributed by atoms with Gasteiger partial charge in [0.05, 0.1) is 23.7 Å². The molecule has 2 aromatic rings. The SMILES string of the molecule is CCO[C@H]1C[C@@H](NC(=O)Nc2cnc3c(c2)c(C)nn3C)C12CCC2. The van der Waals surface area contributed by atoms with Gasteiger partial charge in [-0.25, -0.2) is 9.78 Å². The summed E-state index contributed by atoms with van der Waals surface area (Å²) >= 11 is 0. The lowest BCUT2D eigenvalue weighted by Crippen LogP contribution is -2.68. The summed E-state index contributed by atoms with van der Waals surface area (Å²) in [4.78, 5) is 16.8. The molecule has 0 unspecified atom stereocenters. The molecule has 134 valence electrons. The summed E-state index contributed by atoms with van der Waals surface area (Å²) in [6.07, 6.45) is 6.39. The Morgan fingerprint density at radius 3 is 2.96 bits per heavy atom. The lowest BCUT2D eigenvalue weighted by atomic mass is 9.51. The van der Waals surface area contributed by atoms with Gasteiger partial charge in [0, 0.05) is 30.5 Å². The predicted molar refractivity (Wildman–Crippen MR) is 95.5 cm³/mol. The summed E-state index contributed by atoms with van der Waals surface area (Å²) in [5.74, 6) is 0. The first-order valence-electron chi connectivity index (χ1n) is 9.02. The average Bonchev–Trinajstić information content (AvgIpc) is 2.79. The number of carbonyl (C=O) groups excluding carboxylic acids is 1. The van der Waals surface area contributed by atoms with E-state index in [4.69, 9.17) is 4.74 Å². The molecule has 7 nitrogen and oxygen atoms in total. The zero-order chi connectivity index (χ0) is 17.6. The van der Waals surface area contributed by atoms with Crippen LogP contribution in [-0.4, -0.2) is 39.5 Å². The maximum Gasteiger partial charge on any atom is 0.319 e. The van der Waals surface area contributed by atoms with Crippen molar-refractivity contribution >= 4 is 22.8 Å². The second-order valence-electron chi connectivity index (χ2n) is 7.22. The summed E-state index contributed by atoms with van der Waals surface area (Å²) < 4.78 is 7.59. The van der Waals surface area contributed by atoms with E-state index in [1.165, 1.54) is 6.42 Å². The molecule has 4 rings (SSSR count). The number of nitrogens with one attached hydrogen (secondary N) is 2. The molecule has 2 fully saturated rings. The highest BCUT2D eigenvalue weighted by Crippen LogP contribution is 2.57. The van der Waals surface area contributed by atoms with Crippen LogP contribution in [0.5, 0.6) is 0 Å². The summed E-state index contributed by atoms with van der Waals surface area (Å²) in [5.41, 5.74) is 2.57. The maximum atomic E-state index is 12.4. The Bertz CT molecular complexity index is 811. The molecule has 2 saturated carbocycles. The number of aromatic nitrogens is 3. The summed E-state index contributed by atoms with van der Waals surface area (Å²) in [5, 5.41) is 11.4. The van der Waals surface area contributed by atoms with Crippen molar-refractivity contribution < 1.29 is 9.53 Å². The fourth-order valence-corrected chi connectivity index (χ4v) is 4.34. The van der Waals surface area contributed by atoms with Crippen LogP contribution in [0.3, 0.4) is 0 Å². The minimum Gasteiger partial charge on any atom is -0.378 e. The van der Waals surface area contributed by atoms with E-state index < -0.39 is 0 Å².